The third kappa shape index (κ3) is 3.75. The van der Waals surface area contributed by atoms with Crippen molar-refractivity contribution >= 4 is 51.4 Å². The van der Waals surface area contributed by atoms with Crippen LogP contribution >= 0.6 is 23.1 Å². The zero-order chi connectivity index (χ0) is 19.1. The third-order valence-corrected chi connectivity index (χ3v) is 5.43. The van der Waals surface area contributed by atoms with Gasteiger partial charge in [-0.25, -0.2) is 0 Å². The topological polar surface area (TPSA) is 101 Å². The number of nitrogen functional groups attached to an aromatic ring is 1. The highest BCUT2D eigenvalue weighted by atomic mass is 32.2. The van der Waals surface area contributed by atoms with Crippen LogP contribution in [0.2, 0.25) is 0 Å². The largest absolute Gasteiger partial charge is 0.416 e. The summed E-state index contributed by atoms with van der Waals surface area (Å²) in [6, 6.07) is 2.87. The summed E-state index contributed by atoms with van der Waals surface area (Å²) < 4.78 is 39.1. The monoisotopic (exact) mass is 403 g/mol. The van der Waals surface area contributed by atoms with Crippen molar-refractivity contribution in [3.05, 3.63) is 23.8 Å². The van der Waals surface area contributed by atoms with E-state index in [9.17, 15) is 22.8 Å². The molecule has 1 atom stereocenters. The molecule has 1 aromatic heterocycles. The molecule has 0 saturated heterocycles. The van der Waals surface area contributed by atoms with E-state index in [1.165, 1.54) is 6.07 Å². The van der Waals surface area contributed by atoms with Gasteiger partial charge in [-0.05, 0) is 25.1 Å². The fourth-order valence-electron chi connectivity index (χ4n) is 2.35. The number of amides is 2. The van der Waals surface area contributed by atoms with E-state index >= 15 is 0 Å². The molecule has 12 heteroatoms. The average molecular weight is 403 g/mol. The molecule has 2 aromatic rings. The van der Waals surface area contributed by atoms with Crippen LogP contribution in [0.1, 0.15) is 12.5 Å². The molecule has 2 amide bonds. The minimum atomic E-state index is -4.55. The van der Waals surface area contributed by atoms with Crippen LogP contribution in [-0.2, 0) is 15.8 Å². The summed E-state index contributed by atoms with van der Waals surface area (Å²) >= 11 is 2.23. The number of nitrogens with two attached hydrogens (primary N) is 1. The minimum Gasteiger partial charge on any atom is -0.374 e. The predicted octanol–water partition coefficient (Wildman–Crippen LogP) is 2.61. The molecule has 0 unspecified atom stereocenters. The van der Waals surface area contributed by atoms with Crippen molar-refractivity contribution in [2.24, 2.45) is 0 Å². The van der Waals surface area contributed by atoms with Crippen molar-refractivity contribution in [2.75, 3.05) is 22.5 Å². The molecule has 0 aliphatic carbocycles. The normalized spacial score (nSPS) is 15.4. The van der Waals surface area contributed by atoms with Gasteiger partial charge in [-0.15, -0.1) is 10.2 Å². The molecule has 3 N–H and O–H groups in total. The molecule has 2 heterocycles. The van der Waals surface area contributed by atoms with Crippen LogP contribution in [0.15, 0.2) is 22.5 Å². The van der Waals surface area contributed by atoms with E-state index in [-0.39, 0.29) is 23.1 Å². The molecule has 7 nitrogen and oxygen atoms in total. The second-order valence-corrected chi connectivity index (χ2v) is 7.97. The van der Waals surface area contributed by atoms with Gasteiger partial charge in [-0.3, -0.25) is 14.5 Å². The highest BCUT2D eigenvalue weighted by Crippen LogP contribution is 2.38. The van der Waals surface area contributed by atoms with Crippen molar-refractivity contribution in [3.8, 4) is 0 Å². The Hall–Kier alpha value is -2.34. The van der Waals surface area contributed by atoms with Gasteiger partial charge in [0.05, 0.1) is 22.2 Å². The number of hydrogen-bond acceptors (Lipinski definition) is 7. The SMILES string of the molecule is C[C@H](Sc1nnc(N)s1)C(=O)N1CC(=O)Nc2cc(C(F)(F)F)ccc21. The molecule has 0 spiro atoms. The van der Waals surface area contributed by atoms with E-state index in [1.54, 1.807) is 6.92 Å². The highest BCUT2D eigenvalue weighted by Gasteiger charge is 2.35. The molecule has 0 fully saturated rings. The summed E-state index contributed by atoms with van der Waals surface area (Å²) in [5, 5.41) is 9.46. The number of thioether (sulfide) groups is 1. The van der Waals surface area contributed by atoms with Gasteiger partial charge in [0.1, 0.15) is 6.54 Å². The van der Waals surface area contributed by atoms with Gasteiger partial charge in [-0.1, -0.05) is 23.1 Å². The molecule has 138 valence electrons. The molecule has 0 saturated carbocycles. The number of alkyl halides is 3. The lowest BCUT2D eigenvalue weighted by atomic mass is 10.1. The lowest BCUT2D eigenvalue weighted by molar-refractivity contribution is -0.137. The molecule has 1 aliphatic heterocycles. The number of halogens is 3. The third-order valence-electron chi connectivity index (χ3n) is 3.50. The Balaban J connectivity index is 1.86. The van der Waals surface area contributed by atoms with E-state index in [0.717, 1.165) is 40.1 Å². The minimum absolute atomic E-state index is 0.0539. The van der Waals surface area contributed by atoms with Gasteiger partial charge in [0.2, 0.25) is 16.9 Å². The lowest BCUT2D eigenvalue weighted by Crippen LogP contribution is -2.45. The predicted molar refractivity (Wildman–Crippen MR) is 92.1 cm³/mol. The van der Waals surface area contributed by atoms with Gasteiger partial charge in [0.25, 0.3) is 0 Å². The van der Waals surface area contributed by atoms with Crippen molar-refractivity contribution in [2.45, 2.75) is 22.7 Å². The van der Waals surface area contributed by atoms with E-state index in [0.29, 0.717) is 4.34 Å². The quantitative estimate of drug-likeness (QED) is 0.764. The molecule has 0 radical (unpaired) electrons. The van der Waals surface area contributed by atoms with Gasteiger partial charge in [0, 0.05) is 0 Å². The van der Waals surface area contributed by atoms with Gasteiger partial charge in [-0.2, -0.15) is 13.2 Å². The number of anilines is 3. The zero-order valence-corrected chi connectivity index (χ0v) is 14.8. The first-order valence-corrected chi connectivity index (χ1v) is 8.93. The van der Waals surface area contributed by atoms with Crippen molar-refractivity contribution < 1.29 is 22.8 Å². The molecule has 0 bridgehead atoms. The Bertz CT molecular complexity index is 871. The average Bonchev–Trinajstić information content (AvgIpc) is 2.96. The summed E-state index contributed by atoms with van der Waals surface area (Å²) in [4.78, 5) is 25.7. The maximum absolute atomic E-state index is 12.9. The molecule has 1 aromatic carbocycles. The molecule has 26 heavy (non-hydrogen) atoms. The van der Waals surface area contributed by atoms with E-state index < -0.39 is 28.8 Å². The lowest BCUT2D eigenvalue weighted by Gasteiger charge is -2.31. The van der Waals surface area contributed by atoms with Crippen LogP contribution in [0.4, 0.5) is 29.7 Å². The molecule has 1 aliphatic rings. The number of benzene rings is 1. The fraction of sp³-hybridized carbons (Fsp3) is 0.286. The summed E-state index contributed by atoms with van der Waals surface area (Å²) in [6.07, 6.45) is -4.55. The fourth-order valence-corrected chi connectivity index (χ4v) is 4.19. The van der Waals surface area contributed by atoms with Crippen LogP contribution in [0.25, 0.3) is 0 Å². The Labute approximate surface area is 153 Å². The van der Waals surface area contributed by atoms with Gasteiger partial charge >= 0.3 is 6.18 Å². The van der Waals surface area contributed by atoms with Crippen LogP contribution in [-0.4, -0.2) is 33.8 Å². The maximum Gasteiger partial charge on any atom is 0.416 e. The smallest absolute Gasteiger partial charge is 0.374 e. The van der Waals surface area contributed by atoms with Crippen LogP contribution in [0.5, 0.6) is 0 Å². The van der Waals surface area contributed by atoms with Crippen molar-refractivity contribution in [3.63, 3.8) is 0 Å². The molecule has 3 rings (SSSR count). The van der Waals surface area contributed by atoms with Crippen molar-refractivity contribution in [1.29, 1.82) is 0 Å². The van der Waals surface area contributed by atoms with Gasteiger partial charge < -0.3 is 11.1 Å². The maximum atomic E-state index is 12.9. The second kappa shape index (κ2) is 6.76. The first kappa shape index (κ1) is 18.5. The summed E-state index contributed by atoms with van der Waals surface area (Å²) in [5.74, 6) is -0.998. The highest BCUT2D eigenvalue weighted by molar-refractivity contribution is 8.02. The number of nitrogens with one attached hydrogen (secondary N) is 1. The van der Waals surface area contributed by atoms with E-state index in [1.807, 2.05) is 0 Å². The summed E-state index contributed by atoms with van der Waals surface area (Å²) in [7, 11) is 0. The van der Waals surface area contributed by atoms with Gasteiger partial charge in [0.15, 0.2) is 4.34 Å². The zero-order valence-electron chi connectivity index (χ0n) is 13.2. The van der Waals surface area contributed by atoms with E-state index in [4.69, 9.17) is 5.73 Å². The number of carbonyl (C=O) groups is 2. The van der Waals surface area contributed by atoms with Crippen LogP contribution in [0, 0.1) is 0 Å². The number of aromatic nitrogens is 2. The second-order valence-electron chi connectivity index (χ2n) is 5.37. The Kier molecular flexibility index (Phi) is 4.80. The van der Waals surface area contributed by atoms with E-state index in [2.05, 4.69) is 15.5 Å². The Morgan fingerprint density at radius 2 is 2.15 bits per heavy atom. The van der Waals surface area contributed by atoms with Crippen LogP contribution in [0.3, 0.4) is 0 Å². The number of nitrogens with zero attached hydrogens (tertiary/aromatic N) is 3. The molecular formula is C14H12F3N5O2S2. The first-order chi connectivity index (χ1) is 12.1. The van der Waals surface area contributed by atoms with Crippen molar-refractivity contribution in [1.82, 2.24) is 10.2 Å². The standard InChI is InChI=1S/C14H12F3N5O2S2/c1-6(25-13-21-20-12(18)26-13)11(24)22-5-10(23)19-8-4-7(14(15,16)17)2-3-9(8)22/h2-4,6H,5H2,1H3,(H2,18,20)(H,19,23)/t6-/m0/s1. The summed E-state index contributed by atoms with van der Waals surface area (Å²) in [6.45, 7) is 1.33. The Morgan fingerprint density at radius 3 is 2.77 bits per heavy atom. The van der Waals surface area contributed by atoms with Crippen LogP contribution < -0.4 is 16.0 Å². The number of fused-ring (bicyclic) bond motifs is 1. The number of carbonyl (C=O) groups excluding carboxylic acids is 2. The summed E-state index contributed by atoms with van der Waals surface area (Å²) in [5.41, 5.74) is 4.75. The molecular weight excluding hydrogens is 391 g/mol. The Morgan fingerprint density at radius 1 is 1.42 bits per heavy atom. The number of hydrogen-bond donors (Lipinski definition) is 2. The first-order valence-electron chi connectivity index (χ1n) is 7.23. The number of rotatable bonds is 3.